The van der Waals surface area contributed by atoms with Gasteiger partial charge < -0.3 is 19.1 Å². The molecule has 1 amide bonds. The van der Waals surface area contributed by atoms with Crippen LogP contribution in [0.1, 0.15) is 262 Å². The number of aromatic nitrogens is 1. The van der Waals surface area contributed by atoms with Crippen molar-refractivity contribution >= 4 is 62.1 Å². The Morgan fingerprint density at radius 1 is 0.637 bits per heavy atom. The lowest BCUT2D eigenvalue weighted by atomic mass is 9.79. The van der Waals surface area contributed by atoms with Crippen LogP contribution in [0.4, 0.5) is 0 Å². The maximum atomic E-state index is 14.0. The molecule has 1 aromatic carbocycles. The molecule has 0 saturated heterocycles. The fourth-order valence-corrected chi connectivity index (χ4v) is 12.3. The summed E-state index contributed by atoms with van der Waals surface area (Å²) in [5, 5.41) is 1.08. The van der Waals surface area contributed by atoms with E-state index in [9.17, 15) is 24.0 Å². The summed E-state index contributed by atoms with van der Waals surface area (Å²) in [6.45, 7) is 12.3. The van der Waals surface area contributed by atoms with Crippen LogP contribution in [0.25, 0.3) is 16.5 Å². The van der Waals surface area contributed by atoms with Crippen LogP contribution in [-0.2, 0) is 39.8 Å². The molecule has 0 radical (unpaired) electrons. The predicted molar refractivity (Wildman–Crippen MR) is 333 cm³/mol. The van der Waals surface area contributed by atoms with Crippen LogP contribution < -0.4 is 0 Å². The molecule has 1 aliphatic carbocycles. The molecule has 1 aromatic heterocycles. The van der Waals surface area contributed by atoms with Gasteiger partial charge in [-0.05, 0) is 143 Å². The number of allylic oxidation sites excluding steroid dienone is 4. The number of likely N-dealkylation sites (N-methyl/N-ethyl adjacent to an activating group) is 1. The Hall–Kier alpha value is -4.03. The smallest absolute Gasteiger partial charge is 0.306 e. The minimum absolute atomic E-state index is 0.0144. The van der Waals surface area contributed by atoms with Gasteiger partial charge in [-0.1, -0.05) is 179 Å². The molecule has 12 heteroatoms. The van der Waals surface area contributed by atoms with Crippen LogP contribution >= 0.6 is 15.9 Å². The summed E-state index contributed by atoms with van der Waals surface area (Å²) in [6, 6.07) is 6.26. The van der Waals surface area contributed by atoms with Crippen molar-refractivity contribution in [3.63, 3.8) is 0 Å². The largest absolute Gasteiger partial charge is 0.462 e. The van der Waals surface area contributed by atoms with E-state index in [4.69, 9.17) is 14.2 Å². The molecule has 2 aromatic rings. The van der Waals surface area contributed by atoms with E-state index in [-0.39, 0.29) is 61.3 Å². The quantitative estimate of drug-likeness (QED) is 0.0276. The van der Waals surface area contributed by atoms with Crippen molar-refractivity contribution in [2.45, 2.75) is 265 Å². The molecule has 3 atom stereocenters. The maximum absolute atomic E-state index is 14.0. The number of esters is 3. The molecule has 450 valence electrons. The van der Waals surface area contributed by atoms with E-state index in [1.807, 2.05) is 42.4 Å². The van der Waals surface area contributed by atoms with Gasteiger partial charge in [0.15, 0.2) is 6.10 Å². The van der Waals surface area contributed by atoms with Crippen LogP contribution in [0.2, 0.25) is 0 Å². The van der Waals surface area contributed by atoms with E-state index in [1.54, 1.807) is 0 Å². The molecule has 11 nitrogen and oxygen atoms in total. The van der Waals surface area contributed by atoms with E-state index in [0.717, 1.165) is 129 Å². The first kappa shape index (κ1) is 68.5. The molecule has 0 spiro atoms. The highest BCUT2D eigenvalue weighted by molar-refractivity contribution is 9.10. The van der Waals surface area contributed by atoms with Gasteiger partial charge in [0.1, 0.15) is 13.2 Å². The minimum atomic E-state index is -0.892. The third-order valence-electron chi connectivity index (χ3n) is 16.4. The Morgan fingerprint density at radius 2 is 1.12 bits per heavy atom. The SMILES string of the molecule is CCCCCCCC/C=C\CCCCCCCC(=O)OCC(COC(=O)CCCCCCC/C=C\CCCCCCCC)OC(=O)CC(C)CCCCC(=O)n1c(Br)c2c3c(cccc31)C1=C[C@@H](C(=O)N(CC)CC)CN(C)C1C2. The van der Waals surface area contributed by atoms with Crippen LogP contribution in [-0.4, -0.2) is 96.1 Å². The van der Waals surface area contributed by atoms with E-state index in [0.29, 0.717) is 45.3 Å². The van der Waals surface area contributed by atoms with Gasteiger partial charge >= 0.3 is 17.9 Å². The lowest BCUT2D eigenvalue weighted by Crippen LogP contribution is -2.47. The highest BCUT2D eigenvalue weighted by atomic mass is 79.9. The number of carbonyl (C=O) groups is 5. The standard InChI is InChI=1S/C68H108BrN3O8/c1-7-11-13-15-17-19-21-23-25-27-29-31-33-35-37-46-63(74)78-52-56(53-79-64(75)47-38-36-34-32-30-28-26-24-22-20-18-16-14-12-8-2)80-65(76)48-54(5)42-39-40-45-62(73)72-60-44-41-43-57-58-49-55(68(77)71(9-3)10-4)51-70(6)61(58)50-59(66(57)60)67(72)69/h23-26,41,43-44,49,54-56,61H,7-22,27-40,42,45-48,50-53H2,1-6H3/b25-23-,26-24-/t54?,55-,61?/m1/s1. The first-order valence-corrected chi connectivity index (χ1v) is 33.1. The molecule has 0 fully saturated rings. The second-order valence-electron chi connectivity index (χ2n) is 23.3. The number of halogens is 1. The number of carbonyl (C=O) groups excluding carboxylic acids is 5. The van der Waals surface area contributed by atoms with Crippen molar-refractivity contribution in [3.8, 4) is 0 Å². The molecule has 80 heavy (non-hydrogen) atoms. The van der Waals surface area contributed by atoms with Gasteiger partial charge in [-0.25, -0.2) is 0 Å². The van der Waals surface area contributed by atoms with Crippen molar-refractivity contribution < 1.29 is 38.2 Å². The average molecular weight is 1180 g/mol. The predicted octanol–water partition coefficient (Wildman–Crippen LogP) is 17.4. The third-order valence-corrected chi connectivity index (χ3v) is 17.3. The lowest BCUT2D eigenvalue weighted by molar-refractivity contribution is -0.167. The van der Waals surface area contributed by atoms with Crippen molar-refractivity contribution in [3.05, 3.63) is 64.3 Å². The Labute approximate surface area is 493 Å². The number of amides is 1. The lowest BCUT2D eigenvalue weighted by Gasteiger charge is -2.40. The van der Waals surface area contributed by atoms with Crippen molar-refractivity contribution in [1.29, 1.82) is 0 Å². The molecule has 1 aliphatic heterocycles. The van der Waals surface area contributed by atoms with Gasteiger partial charge in [0, 0.05) is 56.7 Å². The average Bonchev–Trinajstić information content (AvgIpc) is 3.96. The third kappa shape index (κ3) is 25.2. The summed E-state index contributed by atoms with van der Waals surface area (Å²) in [4.78, 5) is 70.8. The van der Waals surface area contributed by atoms with Crippen LogP contribution in [0.3, 0.4) is 0 Å². The summed E-state index contributed by atoms with van der Waals surface area (Å²) in [7, 11) is 2.09. The van der Waals surface area contributed by atoms with Gasteiger partial charge in [0.2, 0.25) is 11.8 Å². The Balaban J connectivity index is 1.20. The monoisotopic (exact) mass is 1170 g/mol. The molecule has 0 N–H and O–H groups in total. The topological polar surface area (TPSA) is 124 Å². The van der Waals surface area contributed by atoms with Gasteiger partial charge in [-0.2, -0.15) is 0 Å². The molecule has 2 heterocycles. The molecule has 0 saturated carbocycles. The van der Waals surface area contributed by atoms with Gasteiger partial charge in [-0.3, -0.25) is 33.4 Å². The van der Waals surface area contributed by atoms with E-state index in [1.165, 1.54) is 89.9 Å². The van der Waals surface area contributed by atoms with Gasteiger partial charge in [0.05, 0.1) is 16.0 Å². The fraction of sp³-hybridized carbons (Fsp3) is 0.721. The van der Waals surface area contributed by atoms with Crippen molar-refractivity contribution in [1.82, 2.24) is 14.4 Å². The van der Waals surface area contributed by atoms with Crippen molar-refractivity contribution in [2.75, 3.05) is 39.9 Å². The summed E-state index contributed by atoms with van der Waals surface area (Å²) in [5.74, 6) is -1.17. The summed E-state index contributed by atoms with van der Waals surface area (Å²) >= 11 is 3.85. The maximum Gasteiger partial charge on any atom is 0.306 e. The van der Waals surface area contributed by atoms with E-state index in [2.05, 4.69) is 78.2 Å². The molecule has 0 bridgehead atoms. The minimum Gasteiger partial charge on any atom is -0.462 e. The number of hydrogen-bond donors (Lipinski definition) is 0. The first-order chi connectivity index (χ1) is 38.9. The number of unbranched alkanes of at least 4 members (excludes halogenated alkanes) is 23. The Morgan fingerprint density at radius 3 is 1.64 bits per heavy atom. The van der Waals surface area contributed by atoms with Crippen LogP contribution in [0, 0.1) is 11.8 Å². The van der Waals surface area contributed by atoms with E-state index >= 15 is 0 Å². The zero-order valence-corrected chi connectivity index (χ0v) is 52.6. The second-order valence-corrected chi connectivity index (χ2v) is 24.0. The Bertz CT molecular complexity index is 2150. The summed E-state index contributed by atoms with van der Waals surface area (Å²) in [6.07, 6.45) is 45.2. The first-order valence-electron chi connectivity index (χ1n) is 32.3. The van der Waals surface area contributed by atoms with Gasteiger partial charge in [-0.15, -0.1) is 0 Å². The van der Waals surface area contributed by atoms with Gasteiger partial charge in [0.25, 0.3) is 0 Å². The highest BCUT2D eigenvalue weighted by Crippen LogP contribution is 2.45. The molecular weight excluding hydrogens is 1070 g/mol. The van der Waals surface area contributed by atoms with Crippen LogP contribution in [0.15, 0.2) is 53.2 Å². The zero-order valence-electron chi connectivity index (χ0n) is 51.0. The van der Waals surface area contributed by atoms with Crippen LogP contribution in [0.5, 0.6) is 0 Å². The summed E-state index contributed by atoms with van der Waals surface area (Å²) < 4.78 is 19.7. The van der Waals surface area contributed by atoms with E-state index < -0.39 is 12.1 Å². The highest BCUT2D eigenvalue weighted by Gasteiger charge is 2.38. The number of benzene rings is 1. The Kier molecular flexibility index (Phi) is 35.1. The zero-order chi connectivity index (χ0) is 57.7. The number of ether oxygens (including phenoxy) is 3. The summed E-state index contributed by atoms with van der Waals surface area (Å²) in [5.41, 5.74) is 4.25. The molecular formula is C68H108BrN3O8. The van der Waals surface area contributed by atoms with Crippen molar-refractivity contribution in [2.24, 2.45) is 11.8 Å². The fourth-order valence-electron chi connectivity index (χ4n) is 11.6. The number of rotatable bonds is 45. The number of hydrogen-bond acceptors (Lipinski definition) is 9. The molecule has 2 unspecified atom stereocenters. The number of fused-ring (bicyclic) bond motifs is 2. The number of nitrogens with zero attached hydrogens (tertiary/aromatic N) is 3. The molecule has 2 aliphatic rings. The second kappa shape index (κ2) is 41.0. The molecule has 4 rings (SSSR count). The normalized spacial score (nSPS) is 15.7.